The van der Waals surface area contributed by atoms with Crippen molar-refractivity contribution in [3.8, 4) is 0 Å². The van der Waals surface area contributed by atoms with E-state index in [0.29, 0.717) is 28.5 Å². The molecule has 0 aliphatic heterocycles. The Morgan fingerprint density at radius 1 is 0.821 bits per heavy atom. The molecule has 0 aliphatic carbocycles. The van der Waals surface area contributed by atoms with Gasteiger partial charge in [-0.3, -0.25) is 9.59 Å². The second-order valence-electron chi connectivity index (χ2n) is 6.07. The minimum absolute atomic E-state index is 0.164. The zero-order valence-corrected chi connectivity index (χ0v) is 16.4. The summed E-state index contributed by atoms with van der Waals surface area (Å²) < 4.78 is 1.92. The van der Waals surface area contributed by atoms with Gasteiger partial charge in [0.15, 0.2) is 0 Å². The largest absolute Gasteiger partial charge is 0.338 e. The summed E-state index contributed by atoms with van der Waals surface area (Å²) in [6.07, 6.45) is 1.90. The number of carbonyl (C=O) groups is 2. The number of hydrogen-bond acceptors (Lipinski definition) is 4. The van der Waals surface area contributed by atoms with E-state index in [9.17, 15) is 9.59 Å². The van der Waals surface area contributed by atoms with E-state index >= 15 is 0 Å². The highest BCUT2D eigenvalue weighted by Crippen LogP contribution is 2.19. The average molecular weight is 408 g/mol. The first-order chi connectivity index (χ1) is 13.7. The lowest BCUT2D eigenvalue weighted by Gasteiger charge is -2.10. The van der Waals surface area contributed by atoms with Gasteiger partial charge in [0.25, 0.3) is 11.8 Å². The number of nitrogens with one attached hydrogen (secondary N) is 2. The predicted octanol–water partition coefficient (Wildman–Crippen LogP) is 5.16. The molecule has 0 spiro atoms. The Balaban J connectivity index is 1.45. The molecule has 0 atom stereocenters. The number of amides is 2. The van der Waals surface area contributed by atoms with Crippen LogP contribution in [0.15, 0.2) is 77.6 Å². The van der Waals surface area contributed by atoms with E-state index in [1.165, 1.54) is 16.2 Å². The van der Waals surface area contributed by atoms with Crippen LogP contribution in [-0.2, 0) is 6.54 Å². The van der Waals surface area contributed by atoms with E-state index in [-0.39, 0.29) is 11.8 Å². The number of rotatable bonds is 6. The molecule has 0 aliphatic rings. The van der Waals surface area contributed by atoms with Crippen LogP contribution in [0.3, 0.4) is 0 Å². The van der Waals surface area contributed by atoms with Gasteiger partial charge < -0.3 is 15.2 Å². The van der Waals surface area contributed by atoms with Crippen molar-refractivity contribution in [3.05, 3.63) is 93.1 Å². The van der Waals surface area contributed by atoms with E-state index in [1.807, 2.05) is 45.8 Å². The van der Waals surface area contributed by atoms with E-state index in [1.54, 1.807) is 47.7 Å². The SMILES string of the molecule is O=C(Nc1cccc(NC(=O)c2cccn2Cc2cccs2)c1)c1cccs1. The summed E-state index contributed by atoms with van der Waals surface area (Å²) in [7, 11) is 0. The first kappa shape index (κ1) is 18.2. The van der Waals surface area contributed by atoms with Crippen molar-refractivity contribution in [2.24, 2.45) is 0 Å². The molecule has 0 bridgehead atoms. The molecule has 0 saturated carbocycles. The minimum Gasteiger partial charge on any atom is -0.338 e. The van der Waals surface area contributed by atoms with Crippen LogP contribution in [0, 0.1) is 0 Å². The van der Waals surface area contributed by atoms with E-state index < -0.39 is 0 Å². The van der Waals surface area contributed by atoms with Gasteiger partial charge in [0.05, 0.1) is 11.4 Å². The number of aromatic nitrogens is 1. The Bertz CT molecular complexity index is 1080. The van der Waals surface area contributed by atoms with Crippen LogP contribution in [0.2, 0.25) is 0 Å². The van der Waals surface area contributed by atoms with Crippen LogP contribution in [-0.4, -0.2) is 16.4 Å². The lowest BCUT2D eigenvalue weighted by atomic mass is 10.2. The van der Waals surface area contributed by atoms with Gasteiger partial charge >= 0.3 is 0 Å². The smallest absolute Gasteiger partial charge is 0.272 e. The third kappa shape index (κ3) is 4.21. The topological polar surface area (TPSA) is 63.1 Å². The molecule has 4 rings (SSSR count). The van der Waals surface area contributed by atoms with Gasteiger partial charge in [-0.15, -0.1) is 22.7 Å². The molecule has 0 radical (unpaired) electrons. The van der Waals surface area contributed by atoms with Crippen LogP contribution in [0.1, 0.15) is 25.0 Å². The molecular formula is C21H17N3O2S2. The summed E-state index contributed by atoms with van der Waals surface area (Å²) in [5.74, 6) is -0.355. The van der Waals surface area contributed by atoms with Crippen LogP contribution in [0.25, 0.3) is 0 Å². The first-order valence-electron chi connectivity index (χ1n) is 8.63. The Morgan fingerprint density at radius 3 is 2.29 bits per heavy atom. The number of carbonyl (C=O) groups excluding carboxylic acids is 2. The third-order valence-corrected chi connectivity index (χ3v) is 5.82. The standard InChI is InChI=1S/C21H17N3O2S2/c25-20(18-8-2-10-24(18)14-17-7-3-11-27-17)22-15-5-1-6-16(13-15)23-21(26)19-9-4-12-28-19/h1-13H,14H2,(H,22,25)(H,23,26). The highest BCUT2D eigenvalue weighted by Gasteiger charge is 2.13. The number of anilines is 2. The molecule has 2 amide bonds. The fraction of sp³-hybridized carbons (Fsp3) is 0.0476. The van der Waals surface area contributed by atoms with Gasteiger partial charge in [-0.1, -0.05) is 18.2 Å². The fourth-order valence-corrected chi connectivity index (χ4v) is 4.12. The predicted molar refractivity (Wildman–Crippen MR) is 115 cm³/mol. The number of benzene rings is 1. The molecule has 1 aromatic carbocycles. The summed E-state index contributed by atoms with van der Waals surface area (Å²) in [4.78, 5) is 26.8. The van der Waals surface area contributed by atoms with Gasteiger partial charge in [0.1, 0.15) is 5.69 Å². The van der Waals surface area contributed by atoms with Crippen molar-refractivity contribution >= 4 is 45.9 Å². The van der Waals surface area contributed by atoms with Crippen molar-refractivity contribution < 1.29 is 9.59 Å². The summed E-state index contributed by atoms with van der Waals surface area (Å²) in [5.41, 5.74) is 1.84. The third-order valence-electron chi connectivity index (χ3n) is 4.09. The summed E-state index contributed by atoms with van der Waals surface area (Å²) in [6.45, 7) is 0.657. The maximum Gasteiger partial charge on any atom is 0.272 e. The molecule has 140 valence electrons. The molecule has 0 saturated heterocycles. The van der Waals surface area contributed by atoms with Crippen molar-refractivity contribution in [1.29, 1.82) is 0 Å². The number of thiophene rings is 2. The highest BCUT2D eigenvalue weighted by molar-refractivity contribution is 7.12. The molecule has 28 heavy (non-hydrogen) atoms. The van der Waals surface area contributed by atoms with Gasteiger partial charge in [-0.05, 0) is 53.2 Å². The number of hydrogen-bond donors (Lipinski definition) is 2. The summed E-state index contributed by atoms with van der Waals surface area (Å²) >= 11 is 3.04. The molecule has 3 aromatic heterocycles. The molecule has 2 N–H and O–H groups in total. The van der Waals surface area contributed by atoms with Crippen molar-refractivity contribution in [3.63, 3.8) is 0 Å². The highest BCUT2D eigenvalue weighted by atomic mass is 32.1. The molecule has 0 unspecified atom stereocenters. The maximum atomic E-state index is 12.7. The Kier molecular flexibility index (Phi) is 5.36. The normalized spacial score (nSPS) is 10.6. The minimum atomic E-state index is -0.191. The Hall–Kier alpha value is -3.16. The lowest BCUT2D eigenvalue weighted by Crippen LogP contribution is -2.17. The Morgan fingerprint density at radius 2 is 1.57 bits per heavy atom. The fourth-order valence-electron chi connectivity index (χ4n) is 2.80. The molecular weight excluding hydrogens is 390 g/mol. The average Bonchev–Trinajstić information content (AvgIpc) is 3.45. The quantitative estimate of drug-likeness (QED) is 0.463. The maximum absolute atomic E-state index is 12.7. The lowest BCUT2D eigenvalue weighted by molar-refractivity contribution is 0.101. The van der Waals surface area contributed by atoms with Crippen LogP contribution in [0.4, 0.5) is 11.4 Å². The van der Waals surface area contributed by atoms with Gasteiger partial charge in [0.2, 0.25) is 0 Å². The van der Waals surface area contributed by atoms with Crippen molar-refractivity contribution in [2.75, 3.05) is 10.6 Å². The van der Waals surface area contributed by atoms with E-state index in [2.05, 4.69) is 10.6 Å². The first-order valence-corrected chi connectivity index (χ1v) is 10.4. The van der Waals surface area contributed by atoms with Crippen LogP contribution in [0.5, 0.6) is 0 Å². The molecule has 7 heteroatoms. The van der Waals surface area contributed by atoms with Crippen LogP contribution < -0.4 is 10.6 Å². The second-order valence-corrected chi connectivity index (χ2v) is 8.05. The zero-order valence-electron chi connectivity index (χ0n) is 14.8. The van der Waals surface area contributed by atoms with E-state index in [0.717, 1.165) is 0 Å². The summed E-state index contributed by atoms with van der Waals surface area (Å²) in [5, 5.41) is 9.64. The number of nitrogens with zero attached hydrogens (tertiary/aromatic N) is 1. The molecule has 3 heterocycles. The molecule has 0 fully saturated rings. The van der Waals surface area contributed by atoms with Crippen LogP contribution >= 0.6 is 22.7 Å². The monoisotopic (exact) mass is 407 g/mol. The van der Waals surface area contributed by atoms with E-state index in [4.69, 9.17) is 0 Å². The van der Waals surface area contributed by atoms with Crippen molar-refractivity contribution in [2.45, 2.75) is 6.54 Å². The molecule has 5 nitrogen and oxygen atoms in total. The second kappa shape index (κ2) is 8.24. The van der Waals surface area contributed by atoms with Gasteiger partial charge in [0, 0.05) is 22.4 Å². The Labute approximate surface area is 170 Å². The zero-order chi connectivity index (χ0) is 19.3. The van der Waals surface area contributed by atoms with Gasteiger partial charge in [-0.2, -0.15) is 0 Å². The van der Waals surface area contributed by atoms with Gasteiger partial charge in [-0.25, -0.2) is 0 Å². The summed E-state index contributed by atoms with van der Waals surface area (Å²) in [6, 6.07) is 18.4. The molecule has 4 aromatic rings. The van der Waals surface area contributed by atoms with Crippen molar-refractivity contribution in [1.82, 2.24) is 4.57 Å².